The van der Waals surface area contributed by atoms with Crippen molar-refractivity contribution in [2.24, 2.45) is 11.8 Å². The van der Waals surface area contributed by atoms with Crippen LogP contribution in [0, 0.1) is 11.8 Å². The molecule has 4 rings (SSSR count). The Morgan fingerprint density at radius 3 is 2.41 bits per heavy atom. The lowest BCUT2D eigenvalue weighted by Gasteiger charge is -2.43. The Morgan fingerprint density at radius 2 is 1.79 bits per heavy atom. The summed E-state index contributed by atoms with van der Waals surface area (Å²) in [6, 6.07) is 5.61. The summed E-state index contributed by atoms with van der Waals surface area (Å²) >= 11 is 1.44. The molecule has 5 unspecified atom stereocenters. The molecule has 184 valence electrons. The number of amides is 2. The Hall–Kier alpha value is -2.85. The largest absolute Gasteiger partial charge is 0.478 e. The summed E-state index contributed by atoms with van der Waals surface area (Å²) in [5, 5.41) is 22.1. The van der Waals surface area contributed by atoms with Crippen molar-refractivity contribution >= 4 is 41.2 Å². The lowest BCUT2D eigenvalue weighted by atomic mass is 9.84. The zero-order valence-electron chi connectivity index (χ0n) is 19.9. The molecule has 1 aromatic rings. The number of carboxylic acids is 2. The van der Waals surface area contributed by atoms with Crippen molar-refractivity contribution in [2.45, 2.75) is 51.4 Å². The number of likely N-dealkylation sites (N-methyl/N-ethyl adjacent to an activating group) is 1. The fraction of sp³-hybridized carbons (Fsp3) is 0.500. The number of aliphatic carboxylic acids is 1. The highest BCUT2D eigenvalue weighted by molar-refractivity contribution is 8.03. The second-order valence-corrected chi connectivity index (χ2v) is 9.83. The van der Waals surface area contributed by atoms with E-state index in [9.17, 15) is 29.4 Å². The number of carbonyl (C=O) groups excluding carboxylic acids is 2. The average molecular weight is 490 g/mol. The Labute approximate surface area is 203 Å². The van der Waals surface area contributed by atoms with Gasteiger partial charge in [-0.15, -0.1) is 11.8 Å². The van der Waals surface area contributed by atoms with Gasteiger partial charge in [0.1, 0.15) is 5.70 Å². The highest BCUT2D eigenvalue weighted by atomic mass is 32.2. The van der Waals surface area contributed by atoms with Crippen LogP contribution in [0.4, 0.5) is 5.69 Å². The molecule has 3 aliphatic heterocycles. The fourth-order valence-electron chi connectivity index (χ4n) is 4.80. The summed E-state index contributed by atoms with van der Waals surface area (Å²) in [6.45, 7) is 8.31. The third-order valence-corrected chi connectivity index (χ3v) is 8.04. The van der Waals surface area contributed by atoms with Crippen LogP contribution in [-0.4, -0.2) is 69.8 Å². The number of carbonyl (C=O) groups is 4. The minimum absolute atomic E-state index is 0.0152. The van der Waals surface area contributed by atoms with E-state index in [-0.39, 0.29) is 46.2 Å². The molecule has 10 heteroatoms. The van der Waals surface area contributed by atoms with E-state index in [1.807, 2.05) is 27.7 Å². The molecule has 2 fully saturated rings. The second kappa shape index (κ2) is 10.2. The number of benzene rings is 1. The zero-order valence-corrected chi connectivity index (χ0v) is 20.8. The molecule has 0 spiro atoms. The highest BCUT2D eigenvalue weighted by Gasteiger charge is 2.57. The van der Waals surface area contributed by atoms with Gasteiger partial charge in [0.2, 0.25) is 11.8 Å². The van der Waals surface area contributed by atoms with E-state index in [0.717, 1.165) is 0 Å². The van der Waals surface area contributed by atoms with Crippen LogP contribution in [0.15, 0.2) is 34.9 Å². The first-order valence-corrected chi connectivity index (χ1v) is 12.3. The number of nitrogens with one attached hydrogen (secondary N) is 1. The molecular weight excluding hydrogens is 458 g/mol. The van der Waals surface area contributed by atoms with E-state index in [0.29, 0.717) is 23.6 Å². The summed E-state index contributed by atoms with van der Waals surface area (Å²) in [5.41, 5.74) is 0.671. The summed E-state index contributed by atoms with van der Waals surface area (Å²) < 4.78 is 0. The number of carboxylic acid groups (broad SMARTS) is 2. The van der Waals surface area contributed by atoms with Crippen LogP contribution in [0.1, 0.15) is 44.5 Å². The quantitative estimate of drug-likeness (QED) is 0.521. The van der Waals surface area contributed by atoms with Crippen molar-refractivity contribution < 1.29 is 29.4 Å². The van der Waals surface area contributed by atoms with Crippen molar-refractivity contribution in [3.8, 4) is 0 Å². The molecule has 9 nitrogen and oxygen atoms in total. The Balaban J connectivity index is 0.00000158. The fourth-order valence-corrected chi connectivity index (χ4v) is 6.28. The summed E-state index contributed by atoms with van der Waals surface area (Å²) in [6.07, 6.45) is 0.504. The van der Waals surface area contributed by atoms with Crippen molar-refractivity contribution in [3.05, 3.63) is 40.4 Å². The van der Waals surface area contributed by atoms with Crippen molar-refractivity contribution in [1.29, 1.82) is 0 Å². The molecule has 3 aliphatic rings. The monoisotopic (exact) mass is 489 g/mol. The lowest BCUT2D eigenvalue weighted by molar-refractivity contribution is -0.155. The number of nitrogens with zero attached hydrogens (tertiary/aromatic N) is 2. The van der Waals surface area contributed by atoms with Crippen LogP contribution in [0.5, 0.6) is 0 Å². The van der Waals surface area contributed by atoms with Crippen molar-refractivity contribution in [1.82, 2.24) is 10.2 Å². The number of fused-ring (bicyclic) bond motifs is 1. The smallest absolute Gasteiger partial charge is 0.353 e. The molecule has 3 N–H and O–H groups in total. The van der Waals surface area contributed by atoms with Crippen LogP contribution in [0.3, 0.4) is 0 Å². The van der Waals surface area contributed by atoms with Gasteiger partial charge in [-0.1, -0.05) is 33.8 Å². The van der Waals surface area contributed by atoms with Gasteiger partial charge in [-0.05, 0) is 24.6 Å². The molecule has 0 aliphatic carbocycles. The number of aromatic carboxylic acids is 1. The number of hydrogen-bond donors (Lipinski definition) is 3. The average Bonchev–Trinajstić information content (AvgIpc) is 3.40. The molecule has 3 heterocycles. The van der Waals surface area contributed by atoms with Crippen LogP contribution < -0.4 is 10.2 Å². The number of anilines is 1. The van der Waals surface area contributed by atoms with E-state index in [2.05, 4.69) is 5.32 Å². The Bertz CT molecular complexity index is 1040. The first-order chi connectivity index (χ1) is 16.1. The first kappa shape index (κ1) is 25.8. The van der Waals surface area contributed by atoms with Gasteiger partial charge in [-0.2, -0.15) is 0 Å². The normalized spacial score (nSPS) is 27.5. The van der Waals surface area contributed by atoms with Crippen molar-refractivity contribution in [2.75, 3.05) is 18.5 Å². The molecule has 1 aromatic carbocycles. The Morgan fingerprint density at radius 1 is 1.12 bits per heavy atom. The molecule has 2 amide bonds. The molecule has 0 aromatic heterocycles. The number of hydrogen-bond acceptors (Lipinski definition) is 6. The van der Waals surface area contributed by atoms with Gasteiger partial charge in [0.25, 0.3) is 0 Å². The predicted molar refractivity (Wildman–Crippen MR) is 130 cm³/mol. The van der Waals surface area contributed by atoms with E-state index in [1.54, 1.807) is 19.2 Å². The van der Waals surface area contributed by atoms with Crippen LogP contribution in [0.25, 0.3) is 0 Å². The van der Waals surface area contributed by atoms with Crippen LogP contribution in [0.2, 0.25) is 0 Å². The number of rotatable bonds is 6. The van der Waals surface area contributed by atoms with Crippen molar-refractivity contribution in [3.63, 3.8) is 0 Å². The number of thioether (sulfide) groups is 1. The molecule has 0 bridgehead atoms. The topological polar surface area (TPSA) is 127 Å². The van der Waals surface area contributed by atoms with Gasteiger partial charge in [-0.3, -0.25) is 9.59 Å². The maximum absolute atomic E-state index is 13.0. The first-order valence-electron chi connectivity index (χ1n) is 11.4. The van der Waals surface area contributed by atoms with Gasteiger partial charge in [0.15, 0.2) is 0 Å². The molecular formula is C24H31N3O6S. The van der Waals surface area contributed by atoms with E-state index < -0.39 is 18.0 Å². The van der Waals surface area contributed by atoms with Gasteiger partial charge in [0, 0.05) is 35.4 Å². The SMILES string of the molecule is CC.CC1C(=O)N2C(C(=O)O)=C(SC3CNC(C(=O)N(C)c4cccc(C(=O)O)c4)C3)C(C)C12. The van der Waals surface area contributed by atoms with Crippen LogP contribution >= 0.6 is 11.8 Å². The molecule has 0 saturated carbocycles. The third-order valence-electron chi connectivity index (χ3n) is 6.53. The molecule has 34 heavy (non-hydrogen) atoms. The standard InChI is InChI=1S/C22H25N3O6S.C2H6/c1-10-16-11(2)19(26)25(16)17(22(30)31)18(10)32-14-8-15(23-9-14)20(27)24(3)13-6-4-5-12(7-13)21(28)29;1-2/h4-7,10-11,14-16,23H,8-9H2,1-3H3,(H,28,29)(H,30,31);1-2H3. The molecule has 2 saturated heterocycles. The Kier molecular flexibility index (Phi) is 7.72. The lowest BCUT2D eigenvalue weighted by Crippen LogP contribution is -2.59. The minimum Gasteiger partial charge on any atom is -0.478 e. The molecule has 5 atom stereocenters. The summed E-state index contributed by atoms with van der Waals surface area (Å²) in [7, 11) is 1.60. The van der Waals surface area contributed by atoms with Gasteiger partial charge in [0.05, 0.1) is 23.6 Å². The van der Waals surface area contributed by atoms with Gasteiger partial charge >= 0.3 is 11.9 Å². The molecule has 0 radical (unpaired) electrons. The zero-order chi connectivity index (χ0) is 25.3. The van der Waals surface area contributed by atoms with E-state index in [4.69, 9.17) is 0 Å². The minimum atomic E-state index is -1.10. The van der Waals surface area contributed by atoms with Crippen LogP contribution in [-0.2, 0) is 14.4 Å². The predicted octanol–water partition coefficient (Wildman–Crippen LogP) is 2.63. The second-order valence-electron chi connectivity index (χ2n) is 8.48. The summed E-state index contributed by atoms with van der Waals surface area (Å²) in [4.78, 5) is 51.9. The third kappa shape index (κ3) is 4.44. The maximum Gasteiger partial charge on any atom is 0.353 e. The maximum atomic E-state index is 13.0. The number of β-lactam (4-membered cyclic amide) rings is 1. The van der Waals surface area contributed by atoms with E-state index >= 15 is 0 Å². The van der Waals surface area contributed by atoms with E-state index in [1.165, 1.54) is 33.7 Å². The highest BCUT2D eigenvalue weighted by Crippen LogP contribution is 2.50. The summed E-state index contributed by atoms with van der Waals surface area (Å²) in [5.74, 6) is -2.75. The van der Waals surface area contributed by atoms with Gasteiger partial charge in [-0.25, -0.2) is 9.59 Å². The van der Waals surface area contributed by atoms with Gasteiger partial charge < -0.3 is 25.3 Å².